The molecule has 326 valence electrons. The maximum Gasteiger partial charge on any atom is 0.220 e. The normalized spacial score (nSPS) is 10.8. The Bertz CT molecular complexity index is 866. The molecule has 0 atom stereocenters. The molecule has 0 saturated carbocycles. The lowest BCUT2D eigenvalue weighted by Crippen LogP contribution is -2.25. The topological polar surface area (TPSA) is 116 Å². The predicted molar refractivity (Wildman–Crippen MR) is 259 cm³/mol. The summed E-state index contributed by atoms with van der Waals surface area (Å²) >= 11 is 1.69. The molecule has 0 spiro atoms. The number of amides is 4. The molecule has 0 aliphatic rings. The molecule has 8 nitrogen and oxygen atoms in total. The molecule has 0 aromatic carbocycles. The Kier molecular flexibility index (Phi) is 52.7. The number of hydrogen-bond acceptors (Lipinski definition) is 11. The van der Waals surface area contributed by atoms with Gasteiger partial charge >= 0.3 is 0 Å². The summed E-state index contributed by atoms with van der Waals surface area (Å²) in [6, 6.07) is 0. The third-order valence-electron chi connectivity index (χ3n) is 8.06. The highest BCUT2D eigenvalue weighted by molar-refractivity contribution is 8.77. The zero-order valence-electron chi connectivity index (χ0n) is 35.1. The molecule has 55 heavy (non-hydrogen) atoms. The van der Waals surface area contributed by atoms with Gasteiger partial charge in [0.2, 0.25) is 23.6 Å². The zero-order valence-corrected chi connectivity index (χ0v) is 40.8. The molecule has 0 aromatic rings. The Balaban J connectivity index is 0. The second-order valence-corrected chi connectivity index (χ2v) is 22.4. The molecule has 0 aliphatic carbocycles. The lowest BCUT2D eigenvalue weighted by Gasteiger charge is -2.06. The lowest BCUT2D eigenvalue weighted by atomic mass is 10.1. The summed E-state index contributed by atoms with van der Waals surface area (Å²) in [5.41, 5.74) is 0. The predicted octanol–water partition coefficient (Wildman–Crippen LogP) is 11.2. The van der Waals surface area contributed by atoms with Crippen LogP contribution >= 0.6 is 76.5 Å². The summed E-state index contributed by atoms with van der Waals surface area (Å²) in [6.45, 7) is 7.52. The number of thioether (sulfide) groups is 1. The molecular formula is C40H80N4O4S7. The molecule has 0 heterocycles. The summed E-state index contributed by atoms with van der Waals surface area (Å²) in [5, 5.41) is 11.9. The Morgan fingerprint density at radius 1 is 0.345 bits per heavy atom. The van der Waals surface area contributed by atoms with Crippen molar-refractivity contribution < 1.29 is 19.2 Å². The molecule has 0 bridgehead atoms. The average Bonchev–Trinajstić information content (AvgIpc) is 3.18. The summed E-state index contributed by atoms with van der Waals surface area (Å²) in [4.78, 5) is 46.6. The first-order valence-electron chi connectivity index (χ1n) is 21.1. The Labute approximate surface area is 366 Å². The minimum absolute atomic E-state index is 0.133. The van der Waals surface area contributed by atoms with Crippen molar-refractivity contribution in [2.24, 2.45) is 0 Å². The van der Waals surface area contributed by atoms with Crippen LogP contribution in [0.5, 0.6) is 0 Å². The zero-order chi connectivity index (χ0) is 40.7. The van der Waals surface area contributed by atoms with Crippen molar-refractivity contribution in [3.63, 3.8) is 0 Å². The van der Waals surface area contributed by atoms with Crippen LogP contribution in [0.1, 0.15) is 155 Å². The van der Waals surface area contributed by atoms with Gasteiger partial charge in [-0.1, -0.05) is 130 Å². The highest BCUT2D eigenvalue weighted by Gasteiger charge is 2.04. The SMILES string of the molecule is CCCSSCCCCCCCNC(=O)CCCCCNC(=O)CCSC.CCCSSCCCCCCCNC(=O)CCCCCNC(=O)CCSSC. The van der Waals surface area contributed by atoms with Crippen LogP contribution in [0, 0.1) is 0 Å². The van der Waals surface area contributed by atoms with Crippen molar-refractivity contribution in [1.82, 2.24) is 21.3 Å². The number of nitrogens with one attached hydrogen (secondary N) is 4. The van der Waals surface area contributed by atoms with Crippen LogP contribution in [-0.4, -0.2) is 96.8 Å². The number of carbonyl (C=O) groups is 4. The van der Waals surface area contributed by atoms with Gasteiger partial charge in [0, 0.05) is 86.4 Å². The van der Waals surface area contributed by atoms with Gasteiger partial charge in [-0.15, -0.1) is 0 Å². The van der Waals surface area contributed by atoms with Gasteiger partial charge in [0.1, 0.15) is 0 Å². The summed E-state index contributed by atoms with van der Waals surface area (Å²) in [7, 11) is 11.4. The van der Waals surface area contributed by atoms with Gasteiger partial charge < -0.3 is 21.3 Å². The first-order valence-corrected chi connectivity index (χ1v) is 30.2. The smallest absolute Gasteiger partial charge is 0.220 e. The van der Waals surface area contributed by atoms with E-state index < -0.39 is 0 Å². The van der Waals surface area contributed by atoms with Crippen LogP contribution in [0.2, 0.25) is 0 Å². The third-order valence-corrected chi connectivity index (χ3v) is 15.9. The Morgan fingerprint density at radius 3 is 1.05 bits per heavy atom. The molecule has 15 heteroatoms. The second-order valence-electron chi connectivity index (χ2n) is 13.3. The molecule has 0 rings (SSSR count). The summed E-state index contributed by atoms with van der Waals surface area (Å²) < 4.78 is 0. The quantitative estimate of drug-likeness (QED) is 0.0347. The van der Waals surface area contributed by atoms with E-state index >= 15 is 0 Å². The van der Waals surface area contributed by atoms with Crippen molar-refractivity contribution in [1.29, 1.82) is 0 Å². The van der Waals surface area contributed by atoms with Crippen molar-refractivity contribution in [2.75, 3.05) is 73.2 Å². The van der Waals surface area contributed by atoms with Crippen LogP contribution in [0.25, 0.3) is 0 Å². The lowest BCUT2D eigenvalue weighted by molar-refractivity contribution is -0.122. The van der Waals surface area contributed by atoms with E-state index in [9.17, 15) is 19.2 Å². The molecule has 0 unspecified atom stereocenters. The second kappa shape index (κ2) is 50.5. The number of unbranched alkanes of at least 4 members (excludes halogenated alkanes) is 12. The van der Waals surface area contributed by atoms with Crippen LogP contribution in [0.15, 0.2) is 0 Å². The van der Waals surface area contributed by atoms with Crippen molar-refractivity contribution >= 4 is 100 Å². The fourth-order valence-electron chi connectivity index (χ4n) is 4.89. The van der Waals surface area contributed by atoms with Gasteiger partial charge in [0.05, 0.1) is 0 Å². The van der Waals surface area contributed by atoms with E-state index in [-0.39, 0.29) is 23.6 Å². The summed E-state index contributed by atoms with van der Waals surface area (Å²) in [5.74, 6) is 7.41. The average molecular weight is 906 g/mol. The minimum atomic E-state index is 0.133. The van der Waals surface area contributed by atoms with Gasteiger partial charge in [-0.25, -0.2) is 0 Å². The third kappa shape index (κ3) is 52.3. The van der Waals surface area contributed by atoms with E-state index in [1.807, 2.05) is 55.7 Å². The van der Waals surface area contributed by atoms with E-state index in [2.05, 4.69) is 35.1 Å². The van der Waals surface area contributed by atoms with Crippen LogP contribution in [-0.2, 0) is 19.2 Å². The first-order chi connectivity index (χ1) is 26.9. The Morgan fingerprint density at radius 2 is 0.673 bits per heavy atom. The Hall–Kier alpha value is 0.330. The van der Waals surface area contributed by atoms with Crippen LogP contribution < -0.4 is 21.3 Å². The molecule has 4 amide bonds. The molecule has 0 saturated heterocycles. The highest BCUT2D eigenvalue weighted by Crippen LogP contribution is 2.24. The van der Waals surface area contributed by atoms with Gasteiger partial charge in [0.25, 0.3) is 0 Å². The molecule has 0 radical (unpaired) electrons. The van der Waals surface area contributed by atoms with Gasteiger partial charge in [-0.05, 0) is 76.7 Å². The maximum atomic E-state index is 11.8. The molecular weight excluding hydrogens is 825 g/mol. The van der Waals surface area contributed by atoms with Gasteiger partial charge in [-0.2, -0.15) is 11.8 Å². The standard InChI is InChI=1S/C20H40N2O2S4.C20H40N2O2S3/c1-3-16-27-28-17-11-6-4-5-9-14-21-19(23)12-8-7-10-15-22-20(24)13-18-26-25-2;1-3-16-26-27-17-11-6-4-5-9-14-21-19(23)12-8-7-10-15-22-20(24)13-18-25-2/h3-18H2,1-2H3,(H,21,23)(H,22,24);3-18H2,1-2H3,(H,21,23)(H,22,24). The largest absolute Gasteiger partial charge is 0.356 e. The van der Waals surface area contributed by atoms with E-state index in [0.717, 1.165) is 89.1 Å². The molecule has 0 fully saturated rings. The van der Waals surface area contributed by atoms with E-state index in [0.29, 0.717) is 25.7 Å². The van der Waals surface area contributed by atoms with Crippen molar-refractivity contribution in [3.05, 3.63) is 0 Å². The van der Waals surface area contributed by atoms with E-state index in [1.54, 1.807) is 33.3 Å². The fraction of sp³-hybridized carbons (Fsp3) is 0.900. The summed E-state index contributed by atoms with van der Waals surface area (Å²) in [6.07, 6.45) is 27.0. The monoisotopic (exact) mass is 904 g/mol. The van der Waals surface area contributed by atoms with Crippen LogP contribution in [0.4, 0.5) is 0 Å². The molecule has 0 aromatic heterocycles. The van der Waals surface area contributed by atoms with Crippen molar-refractivity contribution in [2.45, 2.75) is 155 Å². The van der Waals surface area contributed by atoms with E-state index in [1.165, 1.54) is 87.2 Å². The van der Waals surface area contributed by atoms with Crippen LogP contribution in [0.3, 0.4) is 0 Å². The molecule has 0 aliphatic heterocycles. The van der Waals surface area contributed by atoms with E-state index in [4.69, 9.17) is 0 Å². The fourth-order valence-corrected chi connectivity index (χ4v) is 11.0. The number of rotatable bonds is 41. The first kappa shape index (κ1) is 57.4. The number of hydrogen-bond donors (Lipinski definition) is 4. The minimum Gasteiger partial charge on any atom is -0.356 e. The maximum absolute atomic E-state index is 11.8. The van der Waals surface area contributed by atoms with Gasteiger partial charge in [0.15, 0.2) is 0 Å². The van der Waals surface area contributed by atoms with Crippen molar-refractivity contribution in [3.8, 4) is 0 Å². The van der Waals surface area contributed by atoms with Gasteiger partial charge in [-0.3, -0.25) is 19.2 Å². The highest BCUT2D eigenvalue weighted by atomic mass is 33.1. The number of carbonyl (C=O) groups excluding carboxylic acids is 4. The molecule has 4 N–H and O–H groups in total.